The monoisotopic (exact) mass is 857 g/mol. The van der Waals surface area contributed by atoms with E-state index in [1.54, 1.807) is 0 Å². The molecule has 0 unspecified atom stereocenters. The number of benzene rings is 9. The summed E-state index contributed by atoms with van der Waals surface area (Å²) < 4.78 is 0. The van der Waals surface area contributed by atoms with Gasteiger partial charge >= 0.3 is 0 Å². The second-order valence-electron chi connectivity index (χ2n) is 17.8. The van der Waals surface area contributed by atoms with Crippen LogP contribution in [0.25, 0.3) is 61.2 Å². The van der Waals surface area contributed by atoms with Crippen molar-refractivity contribution in [2.24, 2.45) is 15.7 Å². The van der Waals surface area contributed by atoms with E-state index in [-0.39, 0.29) is 5.41 Å². The van der Waals surface area contributed by atoms with Crippen LogP contribution < -0.4 is 5.73 Å². The Morgan fingerprint density at radius 3 is 1.40 bits per heavy atom. The third-order valence-electron chi connectivity index (χ3n) is 13.8. The van der Waals surface area contributed by atoms with Crippen LogP contribution in [0.5, 0.6) is 0 Å². The average molecular weight is 858 g/mol. The molecule has 3 heteroatoms. The van der Waals surface area contributed by atoms with Gasteiger partial charge in [-0.15, -0.1) is 0 Å². The zero-order valence-corrected chi connectivity index (χ0v) is 37.1. The number of nitrogens with two attached hydrogens (primary N) is 1. The SMILES string of the molecule is NC(=NC(=NCc1ccc2c(c1)C1(C3=C2C=CCC3)c2ccccc2-c2ccccc21)c1cc(-c2ccccc2)cc(-c2ccccc2)c1)c1cc(-c2ccccc2)cc(-c2ccccc2)c1. The molecule has 3 aliphatic carbocycles. The van der Waals surface area contributed by atoms with Crippen LogP contribution in [-0.2, 0) is 12.0 Å². The molecule has 67 heavy (non-hydrogen) atoms. The van der Waals surface area contributed by atoms with Crippen molar-refractivity contribution in [2.45, 2.75) is 24.8 Å². The molecular formula is C64H47N3. The summed E-state index contributed by atoms with van der Waals surface area (Å²) in [5.41, 5.74) is 29.4. The largest absolute Gasteiger partial charge is 0.383 e. The molecule has 12 rings (SSSR count). The summed E-state index contributed by atoms with van der Waals surface area (Å²) in [4.78, 5) is 10.9. The summed E-state index contributed by atoms with van der Waals surface area (Å²) in [7, 11) is 0. The highest BCUT2D eigenvalue weighted by molar-refractivity contribution is 6.12. The quantitative estimate of drug-likeness (QED) is 0.120. The van der Waals surface area contributed by atoms with Crippen molar-refractivity contribution in [3.8, 4) is 55.6 Å². The third kappa shape index (κ3) is 7.08. The zero-order chi connectivity index (χ0) is 44.7. The molecule has 0 radical (unpaired) electrons. The second-order valence-corrected chi connectivity index (χ2v) is 17.8. The Balaban J connectivity index is 1.04. The molecule has 318 valence electrons. The number of nitrogens with zero attached hydrogens (tertiary/aromatic N) is 2. The van der Waals surface area contributed by atoms with E-state index in [1.807, 2.05) is 12.1 Å². The molecule has 0 saturated carbocycles. The molecular weight excluding hydrogens is 811 g/mol. The summed E-state index contributed by atoms with van der Waals surface area (Å²) in [5, 5.41) is 0. The van der Waals surface area contributed by atoms with E-state index in [0.717, 1.165) is 74.0 Å². The van der Waals surface area contributed by atoms with Crippen LogP contribution in [0.3, 0.4) is 0 Å². The van der Waals surface area contributed by atoms with Crippen LogP contribution in [0.1, 0.15) is 51.8 Å². The summed E-state index contributed by atoms with van der Waals surface area (Å²) in [6.07, 6.45) is 6.76. The maximum Gasteiger partial charge on any atom is 0.157 e. The molecule has 0 saturated heterocycles. The van der Waals surface area contributed by atoms with Gasteiger partial charge in [0.1, 0.15) is 5.84 Å². The predicted octanol–water partition coefficient (Wildman–Crippen LogP) is 15.1. The minimum absolute atomic E-state index is 0.359. The molecule has 2 N–H and O–H groups in total. The van der Waals surface area contributed by atoms with E-state index in [0.29, 0.717) is 18.2 Å². The van der Waals surface area contributed by atoms with Crippen molar-refractivity contribution in [2.75, 3.05) is 0 Å². The average Bonchev–Trinajstić information content (AvgIpc) is 3.87. The van der Waals surface area contributed by atoms with Crippen molar-refractivity contribution in [3.05, 3.63) is 281 Å². The molecule has 9 aromatic carbocycles. The highest BCUT2D eigenvalue weighted by atomic mass is 15.0. The molecule has 1 spiro atoms. The Morgan fingerprint density at radius 1 is 0.433 bits per heavy atom. The van der Waals surface area contributed by atoms with E-state index >= 15 is 0 Å². The lowest BCUT2D eigenvalue weighted by atomic mass is 9.68. The van der Waals surface area contributed by atoms with Gasteiger partial charge in [-0.3, -0.25) is 4.99 Å². The van der Waals surface area contributed by atoms with Crippen molar-refractivity contribution < 1.29 is 0 Å². The van der Waals surface area contributed by atoms with Gasteiger partial charge in [0, 0.05) is 11.1 Å². The molecule has 3 aliphatic rings. The predicted molar refractivity (Wildman–Crippen MR) is 279 cm³/mol. The third-order valence-corrected chi connectivity index (χ3v) is 13.8. The molecule has 0 atom stereocenters. The fraction of sp³-hybridized carbons (Fsp3) is 0.0625. The number of aliphatic imine (C=N–C) groups is 2. The Kier molecular flexibility index (Phi) is 10.1. The summed E-state index contributed by atoms with van der Waals surface area (Å²) in [6, 6.07) is 80.3. The molecule has 0 amide bonds. The van der Waals surface area contributed by atoms with Gasteiger partial charge in [-0.1, -0.05) is 200 Å². The lowest BCUT2D eigenvalue weighted by molar-refractivity contribution is 0.713. The van der Waals surface area contributed by atoms with Crippen LogP contribution in [0.4, 0.5) is 0 Å². The smallest absolute Gasteiger partial charge is 0.157 e. The van der Waals surface area contributed by atoms with Gasteiger partial charge in [-0.25, -0.2) is 4.99 Å². The normalized spacial score (nSPS) is 14.4. The molecule has 0 aliphatic heterocycles. The molecule has 9 aromatic rings. The number of amidine groups is 2. The van der Waals surface area contributed by atoms with Gasteiger partial charge in [0.15, 0.2) is 5.84 Å². The standard InChI is InChI=1S/C64H47N3/c65-62(52-38-48(44-19-5-1-6-20-44)36-49(39-52)45-21-7-2-8-22-45)67-63(53-40-50(46-23-9-3-10-24-46)37-51(41-53)47-25-11-4-12-26-47)66-42-43-33-34-57-56-29-15-18-32-60(56)64(61(57)35-43)58-30-16-13-27-54(58)55-28-14-17-31-59(55)64/h1-17,19-31,33-41H,18,32,42H2,(H2,65,66,67). The topological polar surface area (TPSA) is 50.7 Å². The van der Waals surface area contributed by atoms with Gasteiger partial charge in [0.05, 0.1) is 12.0 Å². The number of hydrogen-bond donors (Lipinski definition) is 1. The van der Waals surface area contributed by atoms with Gasteiger partial charge in [-0.05, 0) is 144 Å². The maximum absolute atomic E-state index is 7.26. The van der Waals surface area contributed by atoms with Crippen LogP contribution in [-0.4, -0.2) is 11.7 Å². The van der Waals surface area contributed by atoms with Crippen molar-refractivity contribution in [1.29, 1.82) is 0 Å². The van der Waals surface area contributed by atoms with Gasteiger partial charge in [0.2, 0.25) is 0 Å². The summed E-state index contributed by atoms with van der Waals surface area (Å²) >= 11 is 0. The minimum Gasteiger partial charge on any atom is -0.383 e. The van der Waals surface area contributed by atoms with Crippen LogP contribution >= 0.6 is 0 Å². The fourth-order valence-corrected chi connectivity index (χ4v) is 10.8. The van der Waals surface area contributed by atoms with E-state index < -0.39 is 0 Å². The Labute approximate surface area is 392 Å². The van der Waals surface area contributed by atoms with E-state index in [2.05, 4.69) is 224 Å². The van der Waals surface area contributed by atoms with Crippen LogP contribution in [0.15, 0.2) is 252 Å². The molecule has 0 aromatic heterocycles. The Morgan fingerprint density at radius 2 is 0.896 bits per heavy atom. The molecule has 0 fully saturated rings. The van der Waals surface area contributed by atoms with E-state index in [4.69, 9.17) is 15.7 Å². The fourth-order valence-electron chi connectivity index (χ4n) is 10.8. The van der Waals surface area contributed by atoms with Crippen molar-refractivity contribution >= 4 is 17.2 Å². The van der Waals surface area contributed by atoms with E-state index in [1.165, 1.54) is 44.5 Å². The number of fused-ring (bicyclic) bond motifs is 9. The first kappa shape index (κ1) is 40.1. The molecule has 3 nitrogen and oxygen atoms in total. The molecule has 0 heterocycles. The maximum atomic E-state index is 7.26. The van der Waals surface area contributed by atoms with Crippen molar-refractivity contribution in [3.63, 3.8) is 0 Å². The Bertz CT molecular complexity index is 3310. The van der Waals surface area contributed by atoms with Crippen LogP contribution in [0, 0.1) is 0 Å². The van der Waals surface area contributed by atoms with Gasteiger partial charge < -0.3 is 5.73 Å². The first-order valence-corrected chi connectivity index (χ1v) is 23.3. The van der Waals surface area contributed by atoms with Gasteiger partial charge in [-0.2, -0.15) is 0 Å². The lowest BCUT2D eigenvalue weighted by Crippen LogP contribution is -2.28. The summed E-state index contributed by atoms with van der Waals surface area (Å²) in [5.74, 6) is 0.974. The lowest BCUT2D eigenvalue weighted by Gasteiger charge is -2.33. The first-order chi connectivity index (χ1) is 33.1. The van der Waals surface area contributed by atoms with Crippen LogP contribution in [0.2, 0.25) is 0 Å². The molecule has 0 bridgehead atoms. The number of rotatable bonds is 8. The highest BCUT2D eigenvalue weighted by Gasteiger charge is 2.52. The number of allylic oxidation sites excluding steroid dienone is 4. The summed E-state index contributed by atoms with van der Waals surface area (Å²) in [6.45, 7) is 0.412. The highest BCUT2D eigenvalue weighted by Crippen LogP contribution is 2.63. The first-order valence-electron chi connectivity index (χ1n) is 23.3. The number of hydrogen-bond acceptors (Lipinski definition) is 1. The van der Waals surface area contributed by atoms with E-state index in [9.17, 15) is 0 Å². The minimum atomic E-state index is -0.359. The van der Waals surface area contributed by atoms with Gasteiger partial charge in [0.25, 0.3) is 0 Å². The second kappa shape index (κ2) is 16.9. The van der Waals surface area contributed by atoms with Crippen molar-refractivity contribution in [1.82, 2.24) is 0 Å². The Hall–Kier alpha value is -8.40. The zero-order valence-electron chi connectivity index (χ0n) is 37.1.